The second-order valence-electron chi connectivity index (χ2n) is 12.6. The third kappa shape index (κ3) is 4.37. The molecule has 2 aromatic heterocycles. The molecule has 3 nitrogen and oxygen atoms in total. The maximum absolute atomic E-state index is 6.58. The van der Waals surface area contributed by atoms with Crippen LogP contribution >= 0.6 is 0 Å². The van der Waals surface area contributed by atoms with Crippen LogP contribution in [0.2, 0.25) is 0 Å². The van der Waals surface area contributed by atoms with Crippen LogP contribution in [-0.4, -0.2) is 4.57 Å². The van der Waals surface area contributed by atoms with Gasteiger partial charge >= 0.3 is 0 Å². The fourth-order valence-electron chi connectivity index (χ4n) is 7.55. The quantitative estimate of drug-likeness (QED) is 0.190. The molecule has 0 saturated carbocycles. The van der Waals surface area contributed by atoms with Gasteiger partial charge < -0.3 is 13.9 Å². The minimum atomic E-state index is 0.913. The zero-order valence-electron chi connectivity index (χ0n) is 26.6. The molecule has 230 valence electrons. The number of para-hydroxylation sites is 4. The van der Waals surface area contributed by atoms with Crippen molar-refractivity contribution in [1.29, 1.82) is 0 Å². The summed E-state index contributed by atoms with van der Waals surface area (Å²) in [6, 6.07) is 64.9. The minimum Gasteiger partial charge on any atom is -0.455 e. The number of aromatic nitrogens is 1. The molecule has 0 radical (unpaired) electrons. The molecule has 2 heterocycles. The highest BCUT2D eigenvalue weighted by molar-refractivity contribution is 6.17. The number of nitrogens with zero attached hydrogens (tertiary/aromatic N) is 2. The molecule has 0 atom stereocenters. The molecule has 0 aliphatic rings. The number of fused-ring (bicyclic) bond motifs is 7. The summed E-state index contributed by atoms with van der Waals surface area (Å²) in [7, 11) is 0. The molecule has 0 spiro atoms. The van der Waals surface area contributed by atoms with Crippen molar-refractivity contribution in [2.24, 2.45) is 0 Å². The molecule has 0 fully saturated rings. The SMILES string of the molecule is c1ccc(N(c2ccc(-c3cccc4c3oc3cc5ccccc5cc34)cc2)c2cccc3c2c2ccccc2n3-c2ccccc2)cc1. The van der Waals surface area contributed by atoms with Crippen LogP contribution in [0, 0.1) is 0 Å². The lowest BCUT2D eigenvalue weighted by atomic mass is 10.0. The minimum absolute atomic E-state index is 0.913. The lowest BCUT2D eigenvalue weighted by molar-refractivity contribution is 0.670. The second-order valence-corrected chi connectivity index (χ2v) is 12.6. The first-order chi connectivity index (χ1) is 24.3. The van der Waals surface area contributed by atoms with Crippen molar-refractivity contribution in [2.45, 2.75) is 0 Å². The van der Waals surface area contributed by atoms with E-state index in [9.17, 15) is 0 Å². The zero-order chi connectivity index (χ0) is 32.3. The Morgan fingerprint density at radius 2 is 1.08 bits per heavy atom. The fourth-order valence-corrected chi connectivity index (χ4v) is 7.55. The largest absolute Gasteiger partial charge is 0.455 e. The van der Waals surface area contributed by atoms with E-state index in [-0.39, 0.29) is 0 Å². The Kier molecular flexibility index (Phi) is 6.18. The van der Waals surface area contributed by atoms with Crippen molar-refractivity contribution in [3.05, 3.63) is 182 Å². The number of hydrogen-bond acceptors (Lipinski definition) is 2. The van der Waals surface area contributed by atoms with Gasteiger partial charge in [0.15, 0.2) is 0 Å². The molecule has 0 bridgehead atoms. The van der Waals surface area contributed by atoms with Crippen molar-refractivity contribution in [3.63, 3.8) is 0 Å². The maximum atomic E-state index is 6.58. The Balaban J connectivity index is 1.15. The molecule has 3 heteroatoms. The second kappa shape index (κ2) is 11.0. The summed E-state index contributed by atoms with van der Waals surface area (Å²) >= 11 is 0. The molecular weight excluding hydrogens is 597 g/mol. The molecule has 0 aliphatic carbocycles. The fraction of sp³-hybridized carbons (Fsp3) is 0. The third-order valence-electron chi connectivity index (χ3n) is 9.75. The molecule has 0 saturated heterocycles. The van der Waals surface area contributed by atoms with Gasteiger partial charge in [0.2, 0.25) is 0 Å². The van der Waals surface area contributed by atoms with Gasteiger partial charge in [0.1, 0.15) is 11.2 Å². The summed E-state index contributed by atoms with van der Waals surface area (Å²) in [5.41, 5.74) is 10.9. The van der Waals surface area contributed by atoms with Crippen LogP contribution in [0.5, 0.6) is 0 Å². The van der Waals surface area contributed by atoms with Crippen LogP contribution in [0.1, 0.15) is 0 Å². The first-order valence-electron chi connectivity index (χ1n) is 16.7. The molecule has 0 amide bonds. The molecule has 0 aliphatic heterocycles. The topological polar surface area (TPSA) is 21.3 Å². The molecule has 49 heavy (non-hydrogen) atoms. The number of rotatable bonds is 5. The van der Waals surface area contributed by atoms with Crippen molar-refractivity contribution in [2.75, 3.05) is 4.90 Å². The highest BCUT2D eigenvalue weighted by Crippen LogP contribution is 2.44. The number of furan rings is 1. The molecule has 0 unspecified atom stereocenters. The average molecular weight is 627 g/mol. The van der Waals surface area contributed by atoms with Gasteiger partial charge in [-0.05, 0) is 83.1 Å². The number of benzene rings is 8. The van der Waals surface area contributed by atoms with Crippen molar-refractivity contribution in [1.82, 2.24) is 4.57 Å². The van der Waals surface area contributed by atoms with E-state index in [4.69, 9.17) is 4.42 Å². The first kappa shape index (κ1) is 27.5. The summed E-state index contributed by atoms with van der Waals surface area (Å²) in [5, 5.41) is 7.12. The molecule has 10 rings (SSSR count). The Hall–Kier alpha value is -6.58. The van der Waals surface area contributed by atoms with Crippen molar-refractivity contribution >= 4 is 71.6 Å². The van der Waals surface area contributed by atoms with E-state index in [0.717, 1.165) is 55.8 Å². The monoisotopic (exact) mass is 626 g/mol. The van der Waals surface area contributed by atoms with Gasteiger partial charge in [0.25, 0.3) is 0 Å². The molecule has 10 aromatic rings. The summed E-state index contributed by atoms with van der Waals surface area (Å²) in [4.78, 5) is 2.38. The number of hydrogen-bond donors (Lipinski definition) is 0. The van der Waals surface area contributed by atoms with Gasteiger partial charge in [-0.1, -0.05) is 115 Å². The van der Waals surface area contributed by atoms with Gasteiger partial charge in [-0.25, -0.2) is 0 Å². The van der Waals surface area contributed by atoms with E-state index in [1.54, 1.807) is 0 Å². The van der Waals surface area contributed by atoms with E-state index < -0.39 is 0 Å². The lowest BCUT2D eigenvalue weighted by Gasteiger charge is -2.26. The summed E-state index contributed by atoms with van der Waals surface area (Å²) < 4.78 is 8.95. The predicted molar refractivity (Wildman–Crippen MR) is 206 cm³/mol. The standard InChI is InChI=1S/C46H30N2O/c1-3-15-34(16-4-1)47(42-23-12-24-43-45(42)39-19-9-10-22-41(39)48(43)35-17-5-2-6-18-35)36-27-25-31(26-28-36)37-20-11-21-38-40-29-32-13-7-8-14-33(32)30-44(40)49-46(37)38/h1-30H. The van der Waals surface area contributed by atoms with E-state index in [0.29, 0.717) is 0 Å². The molecule has 0 N–H and O–H groups in total. The Labute approximate surface area is 283 Å². The average Bonchev–Trinajstić information content (AvgIpc) is 3.71. The van der Waals surface area contributed by atoms with Crippen LogP contribution in [0.3, 0.4) is 0 Å². The summed E-state index contributed by atoms with van der Waals surface area (Å²) in [6.45, 7) is 0. The third-order valence-corrected chi connectivity index (χ3v) is 9.75. The van der Waals surface area contributed by atoms with Gasteiger partial charge in [-0.3, -0.25) is 0 Å². The smallest absolute Gasteiger partial charge is 0.143 e. The van der Waals surface area contributed by atoms with Crippen LogP contribution < -0.4 is 4.90 Å². The van der Waals surface area contributed by atoms with Crippen LogP contribution in [-0.2, 0) is 0 Å². The summed E-state index contributed by atoms with van der Waals surface area (Å²) in [5.74, 6) is 0. The van der Waals surface area contributed by atoms with Gasteiger partial charge in [-0.2, -0.15) is 0 Å². The van der Waals surface area contributed by atoms with Gasteiger partial charge in [-0.15, -0.1) is 0 Å². The molecule has 8 aromatic carbocycles. The van der Waals surface area contributed by atoms with E-state index in [1.807, 2.05) is 0 Å². The highest BCUT2D eigenvalue weighted by Gasteiger charge is 2.21. The van der Waals surface area contributed by atoms with Crippen LogP contribution in [0.15, 0.2) is 186 Å². The first-order valence-corrected chi connectivity index (χ1v) is 16.7. The Morgan fingerprint density at radius 1 is 0.449 bits per heavy atom. The maximum Gasteiger partial charge on any atom is 0.143 e. The lowest BCUT2D eigenvalue weighted by Crippen LogP contribution is -2.10. The molecular formula is C46H30N2O. The van der Waals surface area contributed by atoms with Crippen molar-refractivity contribution in [3.8, 4) is 16.8 Å². The van der Waals surface area contributed by atoms with Crippen LogP contribution in [0.4, 0.5) is 17.1 Å². The Morgan fingerprint density at radius 3 is 1.90 bits per heavy atom. The van der Waals surface area contributed by atoms with E-state index >= 15 is 0 Å². The van der Waals surface area contributed by atoms with E-state index in [2.05, 4.69) is 191 Å². The Bertz CT molecular complexity index is 2810. The zero-order valence-corrected chi connectivity index (χ0v) is 26.6. The van der Waals surface area contributed by atoms with Gasteiger partial charge in [0, 0.05) is 44.2 Å². The predicted octanol–water partition coefficient (Wildman–Crippen LogP) is 13.0. The van der Waals surface area contributed by atoms with E-state index in [1.165, 1.54) is 32.6 Å². The highest BCUT2D eigenvalue weighted by atomic mass is 16.3. The van der Waals surface area contributed by atoms with Crippen LogP contribution in [0.25, 0.3) is 71.3 Å². The summed E-state index contributed by atoms with van der Waals surface area (Å²) in [6.07, 6.45) is 0. The number of anilines is 3. The normalized spacial score (nSPS) is 11.7. The van der Waals surface area contributed by atoms with Crippen molar-refractivity contribution < 1.29 is 4.42 Å². The van der Waals surface area contributed by atoms with Gasteiger partial charge in [0.05, 0.1) is 16.7 Å².